The Morgan fingerprint density at radius 2 is 1.35 bits per heavy atom. The highest BCUT2D eigenvalue weighted by molar-refractivity contribution is 5.00. The van der Waals surface area contributed by atoms with Gasteiger partial charge in [-0.1, -0.05) is 56.6 Å². The van der Waals surface area contributed by atoms with E-state index in [2.05, 4.69) is 37.8 Å². The minimum absolute atomic E-state index is 0.449. The smallest absolute Gasteiger partial charge is 0.0879 e. The maximum atomic E-state index is 5.70. The van der Waals surface area contributed by atoms with Crippen LogP contribution in [0, 0.1) is 0 Å². The van der Waals surface area contributed by atoms with Gasteiger partial charge >= 0.3 is 0 Å². The van der Waals surface area contributed by atoms with Gasteiger partial charge in [0, 0.05) is 0 Å². The molecular weight excluding hydrogens is 284 g/mol. The number of ether oxygens (including phenoxy) is 2. The molecule has 0 N–H and O–H groups in total. The van der Waals surface area contributed by atoms with Gasteiger partial charge in [0.15, 0.2) is 0 Å². The van der Waals surface area contributed by atoms with Gasteiger partial charge in [-0.3, -0.25) is 0 Å². The number of epoxide rings is 2. The van der Waals surface area contributed by atoms with Crippen molar-refractivity contribution in [1.82, 2.24) is 0 Å². The lowest BCUT2D eigenvalue weighted by molar-refractivity contribution is 0.358. The first-order chi connectivity index (χ1) is 11.3. The van der Waals surface area contributed by atoms with Crippen molar-refractivity contribution in [2.75, 3.05) is 0 Å². The predicted molar refractivity (Wildman–Crippen MR) is 97.6 cm³/mol. The number of hydrogen-bond donors (Lipinski definition) is 0. The predicted octanol–water partition coefficient (Wildman–Crippen LogP) is 5.74. The SMILES string of the molecule is C=CCCC/C=C\C[C@H]1O[C@@H]1C/C=C\C[C@H]1O[C@@H]1CCCCC. The van der Waals surface area contributed by atoms with E-state index in [4.69, 9.17) is 9.47 Å². The minimum atomic E-state index is 0.449. The van der Waals surface area contributed by atoms with Crippen LogP contribution in [0.3, 0.4) is 0 Å². The van der Waals surface area contributed by atoms with Gasteiger partial charge in [0.2, 0.25) is 0 Å². The molecule has 2 rings (SSSR count). The Balaban J connectivity index is 1.42. The molecule has 23 heavy (non-hydrogen) atoms. The zero-order chi connectivity index (χ0) is 16.3. The lowest BCUT2D eigenvalue weighted by Gasteiger charge is -1.93. The molecule has 0 amide bonds. The second kappa shape index (κ2) is 10.8. The molecule has 0 spiro atoms. The average Bonchev–Trinajstić information content (AvgIpc) is 3.45. The van der Waals surface area contributed by atoms with Crippen LogP contribution in [0.1, 0.15) is 71.1 Å². The maximum absolute atomic E-state index is 5.70. The molecule has 2 aliphatic rings. The standard InChI is InChI=1S/C21H34O2/c1-3-5-7-8-9-11-15-19-21(23-19)17-13-12-16-20-18(22-20)14-10-6-4-2/h3,9,11-13,18-21H,1,4-8,10,14-17H2,2H3/b11-9-,13-12-/t18-,19-,20-,21-/m1/s1. The molecule has 2 aliphatic heterocycles. The van der Waals surface area contributed by atoms with E-state index in [1.807, 2.05) is 6.08 Å². The first-order valence-electron chi connectivity index (χ1n) is 9.57. The highest BCUT2D eigenvalue weighted by Gasteiger charge is 2.37. The van der Waals surface area contributed by atoms with Crippen molar-refractivity contribution in [1.29, 1.82) is 0 Å². The van der Waals surface area contributed by atoms with Crippen LogP contribution in [0.25, 0.3) is 0 Å². The van der Waals surface area contributed by atoms with E-state index in [9.17, 15) is 0 Å². The van der Waals surface area contributed by atoms with Crippen molar-refractivity contribution in [3.8, 4) is 0 Å². The van der Waals surface area contributed by atoms with Gasteiger partial charge in [0.25, 0.3) is 0 Å². The van der Waals surface area contributed by atoms with E-state index < -0.39 is 0 Å². The van der Waals surface area contributed by atoms with Gasteiger partial charge < -0.3 is 9.47 Å². The van der Waals surface area contributed by atoms with Crippen LogP contribution in [0.15, 0.2) is 37.0 Å². The molecule has 2 saturated heterocycles. The largest absolute Gasteiger partial charge is 0.369 e. The molecule has 0 aromatic rings. The Bertz CT molecular complexity index is 385. The summed E-state index contributed by atoms with van der Waals surface area (Å²) in [5.41, 5.74) is 0. The summed E-state index contributed by atoms with van der Waals surface area (Å²) >= 11 is 0. The van der Waals surface area contributed by atoms with E-state index in [-0.39, 0.29) is 0 Å². The summed E-state index contributed by atoms with van der Waals surface area (Å²) in [5.74, 6) is 0. The third-order valence-corrected chi connectivity index (χ3v) is 4.69. The molecule has 0 aliphatic carbocycles. The summed E-state index contributed by atoms with van der Waals surface area (Å²) in [7, 11) is 0. The first-order valence-corrected chi connectivity index (χ1v) is 9.57. The van der Waals surface area contributed by atoms with Crippen LogP contribution in [0.5, 0.6) is 0 Å². The maximum Gasteiger partial charge on any atom is 0.0879 e. The van der Waals surface area contributed by atoms with E-state index in [1.54, 1.807) is 0 Å². The van der Waals surface area contributed by atoms with Crippen LogP contribution < -0.4 is 0 Å². The van der Waals surface area contributed by atoms with Crippen LogP contribution >= 0.6 is 0 Å². The molecule has 2 heterocycles. The Morgan fingerprint density at radius 1 is 0.739 bits per heavy atom. The summed E-state index contributed by atoms with van der Waals surface area (Å²) in [6.07, 6.45) is 24.9. The number of hydrogen-bond acceptors (Lipinski definition) is 2. The molecule has 2 heteroatoms. The highest BCUT2D eigenvalue weighted by atomic mass is 16.6. The Labute approximate surface area is 142 Å². The van der Waals surface area contributed by atoms with Gasteiger partial charge in [0.1, 0.15) is 0 Å². The molecule has 130 valence electrons. The lowest BCUT2D eigenvalue weighted by atomic mass is 10.1. The average molecular weight is 319 g/mol. The zero-order valence-corrected chi connectivity index (χ0v) is 14.8. The fourth-order valence-corrected chi connectivity index (χ4v) is 3.02. The fraction of sp³-hybridized carbons (Fsp3) is 0.714. The van der Waals surface area contributed by atoms with Crippen LogP contribution in [0.2, 0.25) is 0 Å². The minimum Gasteiger partial charge on any atom is -0.369 e. The molecule has 0 saturated carbocycles. The first kappa shape index (κ1) is 18.5. The van der Waals surface area contributed by atoms with Crippen molar-refractivity contribution < 1.29 is 9.47 Å². The lowest BCUT2D eigenvalue weighted by Crippen LogP contribution is -1.93. The second-order valence-electron chi connectivity index (χ2n) is 6.79. The van der Waals surface area contributed by atoms with Gasteiger partial charge in [0.05, 0.1) is 24.4 Å². The Hall–Kier alpha value is -0.860. The van der Waals surface area contributed by atoms with E-state index in [0.29, 0.717) is 24.4 Å². The third kappa shape index (κ3) is 7.99. The number of allylic oxidation sites excluding steroid dienone is 2. The fourth-order valence-electron chi connectivity index (χ4n) is 3.02. The second-order valence-corrected chi connectivity index (χ2v) is 6.79. The Kier molecular flexibility index (Phi) is 8.70. The van der Waals surface area contributed by atoms with Gasteiger partial charge in [-0.2, -0.15) is 0 Å². The molecule has 0 unspecified atom stereocenters. The molecule has 2 fully saturated rings. The van der Waals surface area contributed by atoms with E-state index in [1.165, 1.54) is 32.1 Å². The van der Waals surface area contributed by atoms with Crippen molar-refractivity contribution in [3.63, 3.8) is 0 Å². The third-order valence-electron chi connectivity index (χ3n) is 4.69. The molecule has 0 aromatic heterocycles. The summed E-state index contributed by atoms with van der Waals surface area (Å²) in [6, 6.07) is 0. The quantitative estimate of drug-likeness (QED) is 0.232. The van der Waals surface area contributed by atoms with Crippen LogP contribution in [0.4, 0.5) is 0 Å². The van der Waals surface area contributed by atoms with Crippen molar-refractivity contribution in [3.05, 3.63) is 37.0 Å². The molecule has 0 bridgehead atoms. The normalized spacial score (nSPS) is 29.4. The van der Waals surface area contributed by atoms with Crippen molar-refractivity contribution >= 4 is 0 Å². The van der Waals surface area contributed by atoms with Crippen LogP contribution in [-0.2, 0) is 9.47 Å². The van der Waals surface area contributed by atoms with E-state index in [0.717, 1.165) is 32.1 Å². The summed E-state index contributed by atoms with van der Waals surface area (Å²) < 4.78 is 11.4. The molecule has 4 atom stereocenters. The topological polar surface area (TPSA) is 25.1 Å². The Morgan fingerprint density at radius 3 is 2.00 bits per heavy atom. The molecular formula is C21H34O2. The summed E-state index contributed by atoms with van der Waals surface area (Å²) in [4.78, 5) is 0. The molecule has 0 radical (unpaired) electrons. The zero-order valence-electron chi connectivity index (χ0n) is 14.8. The van der Waals surface area contributed by atoms with Crippen molar-refractivity contribution in [2.45, 2.75) is 95.5 Å². The van der Waals surface area contributed by atoms with Gasteiger partial charge in [-0.05, 0) is 44.9 Å². The number of unbranched alkanes of at least 4 members (excludes halogenated alkanes) is 4. The van der Waals surface area contributed by atoms with Crippen molar-refractivity contribution in [2.24, 2.45) is 0 Å². The summed E-state index contributed by atoms with van der Waals surface area (Å²) in [6.45, 7) is 5.99. The van der Waals surface area contributed by atoms with Gasteiger partial charge in [-0.25, -0.2) is 0 Å². The molecule has 0 aromatic carbocycles. The highest BCUT2D eigenvalue weighted by Crippen LogP contribution is 2.31. The van der Waals surface area contributed by atoms with Crippen LogP contribution in [-0.4, -0.2) is 24.4 Å². The van der Waals surface area contributed by atoms with Gasteiger partial charge in [-0.15, -0.1) is 6.58 Å². The van der Waals surface area contributed by atoms with E-state index >= 15 is 0 Å². The number of rotatable bonds is 14. The monoisotopic (exact) mass is 318 g/mol. The molecule has 2 nitrogen and oxygen atoms in total. The summed E-state index contributed by atoms with van der Waals surface area (Å²) in [5, 5.41) is 0.